The zero-order valence-corrected chi connectivity index (χ0v) is 8.01. The molecule has 0 spiro atoms. The highest BCUT2D eigenvalue weighted by Crippen LogP contribution is 2.07. The van der Waals surface area contributed by atoms with E-state index < -0.39 is 0 Å². The van der Waals surface area contributed by atoms with Gasteiger partial charge in [0.15, 0.2) is 0 Å². The molecule has 0 saturated heterocycles. The van der Waals surface area contributed by atoms with Crippen LogP contribution in [0.1, 0.15) is 12.3 Å². The summed E-state index contributed by atoms with van der Waals surface area (Å²) >= 11 is 5.52. The minimum atomic E-state index is 0.611. The summed E-state index contributed by atoms with van der Waals surface area (Å²) in [5.74, 6) is 1.89. The van der Waals surface area contributed by atoms with Gasteiger partial charge in [0.1, 0.15) is 0 Å². The second-order valence-corrected chi connectivity index (χ2v) is 3.05. The molecule has 0 bridgehead atoms. The van der Waals surface area contributed by atoms with Crippen molar-refractivity contribution in [1.29, 1.82) is 0 Å². The Balaban J connectivity index is 2.52. The van der Waals surface area contributed by atoms with E-state index in [-0.39, 0.29) is 0 Å². The molecule has 0 aliphatic heterocycles. The quantitative estimate of drug-likeness (QED) is 0.670. The fraction of sp³-hybridized carbons (Fsp3) is 0.714. The van der Waals surface area contributed by atoms with Crippen LogP contribution in [0.15, 0.2) is 4.52 Å². The Morgan fingerprint density at radius 3 is 2.75 bits per heavy atom. The van der Waals surface area contributed by atoms with Crippen molar-refractivity contribution < 1.29 is 4.52 Å². The molecule has 0 aliphatic rings. The van der Waals surface area contributed by atoms with Crippen LogP contribution < -0.4 is 4.90 Å². The summed E-state index contributed by atoms with van der Waals surface area (Å²) in [5.41, 5.74) is 0. The van der Waals surface area contributed by atoms with Gasteiger partial charge in [0.2, 0.25) is 5.89 Å². The lowest BCUT2D eigenvalue weighted by atomic mass is 10.3. The van der Waals surface area contributed by atoms with E-state index in [1.165, 1.54) is 0 Å². The first-order valence-electron chi connectivity index (χ1n) is 3.80. The largest absolute Gasteiger partial charge is 0.344 e. The number of aryl methyl sites for hydroxylation is 1. The molecule has 1 heterocycles. The van der Waals surface area contributed by atoms with Crippen LogP contribution in [0.25, 0.3) is 0 Å². The van der Waals surface area contributed by atoms with Gasteiger partial charge in [-0.2, -0.15) is 4.98 Å². The summed E-state index contributed by atoms with van der Waals surface area (Å²) in [6.07, 6.45) is 1.63. The molecule has 0 aliphatic carbocycles. The lowest BCUT2D eigenvalue weighted by Crippen LogP contribution is -2.10. The molecule has 0 fully saturated rings. The number of alkyl halides is 1. The fourth-order valence-electron chi connectivity index (χ4n) is 0.747. The van der Waals surface area contributed by atoms with E-state index in [0.717, 1.165) is 12.8 Å². The summed E-state index contributed by atoms with van der Waals surface area (Å²) in [5, 5.41) is 3.77. The van der Waals surface area contributed by atoms with Crippen molar-refractivity contribution in [1.82, 2.24) is 10.1 Å². The molecule has 12 heavy (non-hydrogen) atoms. The van der Waals surface area contributed by atoms with Crippen molar-refractivity contribution >= 4 is 17.5 Å². The predicted molar refractivity (Wildman–Crippen MR) is 47.7 cm³/mol. The topological polar surface area (TPSA) is 42.2 Å². The number of anilines is 1. The van der Waals surface area contributed by atoms with Gasteiger partial charge in [-0.1, -0.05) is 0 Å². The lowest BCUT2D eigenvalue weighted by molar-refractivity contribution is 0.377. The highest BCUT2D eigenvalue weighted by molar-refractivity contribution is 6.17. The highest BCUT2D eigenvalue weighted by atomic mass is 35.5. The summed E-state index contributed by atoms with van der Waals surface area (Å²) in [6.45, 7) is 0. The number of hydrogen-bond donors (Lipinski definition) is 0. The Kier molecular flexibility index (Phi) is 3.34. The van der Waals surface area contributed by atoms with Gasteiger partial charge in [-0.3, -0.25) is 0 Å². The van der Waals surface area contributed by atoms with Crippen LogP contribution in [0.2, 0.25) is 0 Å². The van der Waals surface area contributed by atoms with Crippen molar-refractivity contribution in [3.8, 4) is 0 Å². The highest BCUT2D eigenvalue weighted by Gasteiger charge is 2.06. The maximum absolute atomic E-state index is 5.52. The van der Waals surface area contributed by atoms with Gasteiger partial charge in [-0.25, -0.2) is 0 Å². The molecule has 1 aromatic rings. The van der Waals surface area contributed by atoms with Gasteiger partial charge < -0.3 is 9.42 Å². The van der Waals surface area contributed by atoms with Crippen molar-refractivity contribution in [3.05, 3.63) is 5.89 Å². The Morgan fingerprint density at radius 1 is 1.50 bits per heavy atom. The second kappa shape index (κ2) is 4.30. The SMILES string of the molecule is CN(C)c1noc(CCCCl)n1. The Bertz CT molecular complexity index is 236. The van der Waals surface area contributed by atoms with Gasteiger partial charge in [-0.15, -0.1) is 11.6 Å². The Hall–Kier alpha value is -0.770. The molecule has 68 valence electrons. The van der Waals surface area contributed by atoms with E-state index in [2.05, 4.69) is 10.1 Å². The Labute approximate surface area is 76.5 Å². The van der Waals surface area contributed by atoms with Crippen molar-refractivity contribution in [2.45, 2.75) is 12.8 Å². The van der Waals surface area contributed by atoms with Crippen LogP contribution in [-0.2, 0) is 6.42 Å². The molecule has 1 aromatic heterocycles. The van der Waals surface area contributed by atoms with Crippen molar-refractivity contribution in [2.75, 3.05) is 24.9 Å². The smallest absolute Gasteiger partial charge is 0.265 e. The molecule has 0 radical (unpaired) electrons. The normalized spacial score (nSPS) is 10.2. The number of halogens is 1. The van der Waals surface area contributed by atoms with Crippen LogP contribution >= 0.6 is 11.6 Å². The van der Waals surface area contributed by atoms with Crippen molar-refractivity contribution in [3.63, 3.8) is 0 Å². The molecule has 0 unspecified atom stereocenters. The van der Waals surface area contributed by atoms with Crippen LogP contribution in [0.3, 0.4) is 0 Å². The molecule has 5 heteroatoms. The summed E-state index contributed by atoms with van der Waals surface area (Å²) < 4.78 is 4.97. The third-order valence-corrected chi connectivity index (χ3v) is 1.65. The average molecular weight is 190 g/mol. The Morgan fingerprint density at radius 2 is 2.25 bits per heavy atom. The molecule has 0 atom stereocenters. The molecular formula is C7H12ClN3O. The zero-order chi connectivity index (χ0) is 8.97. The minimum absolute atomic E-state index is 0.611. The maximum atomic E-state index is 5.52. The third kappa shape index (κ3) is 2.37. The molecule has 0 N–H and O–H groups in total. The first-order valence-corrected chi connectivity index (χ1v) is 4.33. The number of nitrogens with zero attached hydrogens (tertiary/aromatic N) is 3. The lowest BCUT2D eigenvalue weighted by Gasteiger charge is -2.02. The molecule has 1 rings (SSSR count). The average Bonchev–Trinajstić information content (AvgIpc) is 2.48. The van der Waals surface area contributed by atoms with E-state index in [4.69, 9.17) is 16.1 Å². The fourth-order valence-corrected chi connectivity index (χ4v) is 0.881. The zero-order valence-electron chi connectivity index (χ0n) is 7.25. The summed E-state index contributed by atoms with van der Waals surface area (Å²) in [6, 6.07) is 0. The summed E-state index contributed by atoms with van der Waals surface area (Å²) in [7, 11) is 3.74. The van der Waals surface area contributed by atoms with E-state index in [0.29, 0.717) is 17.7 Å². The number of aromatic nitrogens is 2. The number of rotatable bonds is 4. The molecular weight excluding hydrogens is 178 g/mol. The van der Waals surface area contributed by atoms with Gasteiger partial charge in [0.05, 0.1) is 0 Å². The van der Waals surface area contributed by atoms with Gasteiger partial charge in [0.25, 0.3) is 5.95 Å². The monoisotopic (exact) mass is 189 g/mol. The summed E-state index contributed by atoms with van der Waals surface area (Å²) in [4.78, 5) is 5.94. The van der Waals surface area contributed by atoms with E-state index >= 15 is 0 Å². The van der Waals surface area contributed by atoms with E-state index in [1.54, 1.807) is 4.90 Å². The molecule has 4 nitrogen and oxygen atoms in total. The second-order valence-electron chi connectivity index (χ2n) is 2.68. The first kappa shape index (κ1) is 9.32. The van der Waals surface area contributed by atoms with Crippen LogP contribution in [0.5, 0.6) is 0 Å². The van der Waals surface area contributed by atoms with Crippen molar-refractivity contribution in [2.24, 2.45) is 0 Å². The minimum Gasteiger partial charge on any atom is -0.344 e. The molecule has 0 saturated carbocycles. The van der Waals surface area contributed by atoms with Gasteiger partial charge >= 0.3 is 0 Å². The van der Waals surface area contributed by atoms with Gasteiger partial charge in [0, 0.05) is 26.4 Å². The van der Waals surface area contributed by atoms with Crippen LogP contribution in [0.4, 0.5) is 5.95 Å². The molecule has 0 amide bonds. The van der Waals surface area contributed by atoms with Crippen LogP contribution in [0, 0.1) is 0 Å². The molecule has 0 aromatic carbocycles. The van der Waals surface area contributed by atoms with Gasteiger partial charge in [-0.05, 0) is 11.6 Å². The predicted octanol–water partition coefficient (Wildman–Crippen LogP) is 1.31. The van der Waals surface area contributed by atoms with E-state index in [1.807, 2.05) is 14.1 Å². The standard InChI is InChI=1S/C7H12ClN3O/c1-11(2)7-9-6(12-10-7)4-3-5-8/h3-5H2,1-2H3. The van der Waals surface area contributed by atoms with Crippen LogP contribution in [-0.4, -0.2) is 30.1 Å². The maximum Gasteiger partial charge on any atom is 0.265 e. The van der Waals surface area contributed by atoms with E-state index in [9.17, 15) is 0 Å². The third-order valence-electron chi connectivity index (χ3n) is 1.38. The first-order chi connectivity index (χ1) is 5.74. The number of hydrogen-bond acceptors (Lipinski definition) is 4.